The average Bonchev–Trinajstić information content (AvgIpc) is 2.06. The Morgan fingerprint density at radius 3 is 2.53 bits per heavy atom. The summed E-state index contributed by atoms with van der Waals surface area (Å²) in [7, 11) is 0. The van der Waals surface area contributed by atoms with Crippen LogP contribution >= 0.6 is 0 Å². The molecule has 1 amide bonds. The minimum atomic E-state index is -0.629. The molecule has 0 aromatic carbocycles. The van der Waals surface area contributed by atoms with Crippen molar-refractivity contribution in [2.45, 2.75) is 46.6 Å². The van der Waals surface area contributed by atoms with Gasteiger partial charge in [0.05, 0.1) is 6.61 Å². The van der Waals surface area contributed by atoms with Gasteiger partial charge in [-0.15, -0.1) is 0 Å². The molecule has 0 N–H and O–H groups in total. The second-order valence-electron chi connectivity index (χ2n) is 5.96. The fraction of sp³-hybridized carbons (Fsp3) is 0.917. The van der Waals surface area contributed by atoms with Gasteiger partial charge in [-0.05, 0) is 25.7 Å². The largest absolute Gasteiger partial charge is 0.364 e. The van der Waals surface area contributed by atoms with Gasteiger partial charge in [0.2, 0.25) is 0 Å². The third-order valence-electron chi connectivity index (χ3n) is 2.76. The summed E-state index contributed by atoms with van der Waals surface area (Å²) in [6.07, 6.45) is 1.04. The lowest BCUT2D eigenvalue weighted by atomic mass is 9.91. The van der Waals surface area contributed by atoms with Gasteiger partial charge in [-0.2, -0.15) is 0 Å². The second-order valence-corrected chi connectivity index (χ2v) is 5.96. The predicted octanol–water partition coefficient (Wildman–Crippen LogP) is 2.06. The van der Waals surface area contributed by atoms with E-state index in [0.717, 1.165) is 19.5 Å². The van der Waals surface area contributed by atoms with Gasteiger partial charge < -0.3 is 9.64 Å². The Balaban J connectivity index is 2.52. The van der Waals surface area contributed by atoms with E-state index >= 15 is 0 Å². The number of carbonyl (C=O) groups excluding carboxylic acids is 1. The highest BCUT2D eigenvalue weighted by Crippen LogP contribution is 2.22. The maximum Gasteiger partial charge on any atom is 0.254 e. The molecule has 0 aliphatic carbocycles. The van der Waals surface area contributed by atoms with Gasteiger partial charge in [0.25, 0.3) is 5.91 Å². The van der Waals surface area contributed by atoms with Gasteiger partial charge in [-0.1, -0.05) is 20.8 Å². The molecule has 0 aromatic heterocycles. The topological polar surface area (TPSA) is 29.5 Å². The molecule has 1 fully saturated rings. The van der Waals surface area contributed by atoms with Crippen molar-refractivity contribution in [3.63, 3.8) is 0 Å². The monoisotopic (exact) mass is 213 g/mol. The Kier molecular flexibility index (Phi) is 3.44. The van der Waals surface area contributed by atoms with E-state index in [1.54, 1.807) is 0 Å². The molecule has 3 nitrogen and oxygen atoms in total. The van der Waals surface area contributed by atoms with Crippen LogP contribution in [0.4, 0.5) is 0 Å². The molecule has 1 saturated heterocycles. The molecule has 1 rings (SSSR count). The molecule has 1 heterocycles. The Labute approximate surface area is 92.8 Å². The first-order chi connectivity index (χ1) is 6.72. The molecule has 0 spiro atoms. The molecule has 0 aromatic rings. The fourth-order valence-electron chi connectivity index (χ4n) is 1.64. The average molecular weight is 213 g/mol. The van der Waals surface area contributed by atoms with Crippen molar-refractivity contribution >= 4 is 5.91 Å². The number of nitrogens with zero attached hydrogens (tertiary/aromatic N) is 1. The maximum absolute atomic E-state index is 12.0. The molecule has 0 saturated carbocycles. The Hall–Kier alpha value is -0.570. The van der Waals surface area contributed by atoms with Gasteiger partial charge in [0.1, 0.15) is 5.60 Å². The van der Waals surface area contributed by atoms with Crippen LogP contribution < -0.4 is 0 Å². The van der Waals surface area contributed by atoms with Crippen LogP contribution in [0, 0.1) is 5.41 Å². The van der Waals surface area contributed by atoms with Crippen LogP contribution in [0.15, 0.2) is 0 Å². The molecule has 0 atom stereocenters. The molecular weight excluding hydrogens is 190 g/mol. The fourth-order valence-corrected chi connectivity index (χ4v) is 1.64. The first kappa shape index (κ1) is 12.5. The molecule has 0 unspecified atom stereocenters. The Bertz CT molecular complexity index is 240. The second kappa shape index (κ2) is 4.12. The standard InChI is InChI=1S/C12H23NO2/c1-11(2,3)6-7-13-8-9-15-12(4,5)10(13)14/h6-9H2,1-5H3. The van der Waals surface area contributed by atoms with Gasteiger partial charge in [0, 0.05) is 13.1 Å². The minimum Gasteiger partial charge on any atom is -0.364 e. The van der Waals surface area contributed by atoms with Crippen molar-refractivity contribution < 1.29 is 9.53 Å². The number of carbonyl (C=O) groups is 1. The lowest BCUT2D eigenvalue weighted by Crippen LogP contribution is -2.53. The highest BCUT2D eigenvalue weighted by atomic mass is 16.5. The number of amides is 1. The van der Waals surface area contributed by atoms with Crippen molar-refractivity contribution in [3.05, 3.63) is 0 Å². The normalized spacial score (nSPS) is 21.9. The molecule has 88 valence electrons. The van der Waals surface area contributed by atoms with Crippen LogP contribution in [-0.4, -0.2) is 36.1 Å². The van der Waals surface area contributed by atoms with E-state index in [0.29, 0.717) is 6.61 Å². The third-order valence-corrected chi connectivity index (χ3v) is 2.76. The third kappa shape index (κ3) is 3.49. The first-order valence-corrected chi connectivity index (χ1v) is 5.66. The highest BCUT2D eigenvalue weighted by Gasteiger charge is 2.36. The SMILES string of the molecule is CC(C)(C)CCN1CCOC(C)(C)C1=O. The molecular formula is C12H23NO2. The van der Waals surface area contributed by atoms with Crippen molar-refractivity contribution in [2.24, 2.45) is 5.41 Å². The molecule has 15 heavy (non-hydrogen) atoms. The summed E-state index contributed by atoms with van der Waals surface area (Å²) in [5, 5.41) is 0. The van der Waals surface area contributed by atoms with Crippen molar-refractivity contribution in [1.29, 1.82) is 0 Å². The smallest absolute Gasteiger partial charge is 0.254 e. The van der Waals surface area contributed by atoms with E-state index in [9.17, 15) is 4.79 Å². The summed E-state index contributed by atoms with van der Waals surface area (Å²) in [4.78, 5) is 13.9. The van der Waals surface area contributed by atoms with E-state index in [1.165, 1.54) is 0 Å². The highest BCUT2D eigenvalue weighted by molar-refractivity contribution is 5.85. The summed E-state index contributed by atoms with van der Waals surface area (Å²) in [6, 6.07) is 0. The molecule has 0 bridgehead atoms. The van der Waals surface area contributed by atoms with E-state index < -0.39 is 5.60 Å². The van der Waals surface area contributed by atoms with Gasteiger partial charge >= 0.3 is 0 Å². The summed E-state index contributed by atoms with van der Waals surface area (Å²) < 4.78 is 5.45. The zero-order valence-corrected chi connectivity index (χ0v) is 10.6. The van der Waals surface area contributed by atoms with E-state index in [1.807, 2.05) is 18.7 Å². The van der Waals surface area contributed by atoms with Crippen LogP contribution in [-0.2, 0) is 9.53 Å². The van der Waals surface area contributed by atoms with Crippen LogP contribution in [0.1, 0.15) is 41.0 Å². The van der Waals surface area contributed by atoms with Gasteiger partial charge in [0.15, 0.2) is 0 Å². The summed E-state index contributed by atoms with van der Waals surface area (Å²) >= 11 is 0. The zero-order valence-electron chi connectivity index (χ0n) is 10.6. The number of morpholine rings is 1. The molecule has 1 aliphatic rings. The number of hydrogen-bond donors (Lipinski definition) is 0. The van der Waals surface area contributed by atoms with Crippen molar-refractivity contribution in [3.8, 4) is 0 Å². The van der Waals surface area contributed by atoms with Crippen LogP contribution in [0.2, 0.25) is 0 Å². The van der Waals surface area contributed by atoms with Crippen molar-refractivity contribution in [2.75, 3.05) is 19.7 Å². The van der Waals surface area contributed by atoms with E-state index in [4.69, 9.17) is 4.74 Å². The Morgan fingerprint density at radius 1 is 1.40 bits per heavy atom. The zero-order chi connectivity index (χ0) is 11.7. The van der Waals surface area contributed by atoms with E-state index in [-0.39, 0.29) is 11.3 Å². The van der Waals surface area contributed by atoms with Crippen LogP contribution in [0.25, 0.3) is 0 Å². The predicted molar refractivity (Wildman–Crippen MR) is 60.7 cm³/mol. The number of ether oxygens (including phenoxy) is 1. The first-order valence-electron chi connectivity index (χ1n) is 5.66. The summed E-state index contributed by atoms with van der Waals surface area (Å²) in [5.41, 5.74) is -0.348. The van der Waals surface area contributed by atoms with Crippen LogP contribution in [0.5, 0.6) is 0 Å². The summed E-state index contributed by atoms with van der Waals surface area (Å²) in [6.45, 7) is 12.5. The van der Waals surface area contributed by atoms with Crippen LogP contribution in [0.3, 0.4) is 0 Å². The quantitative estimate of drug-likeness (QED) is 0.702. The molecule has 0 radical (unpaired) electrons. The Morgan fingerprint density at radius 2 is 2.00 bits per heavy atom. The lowest BCUT2D eigenvalue weighted by molar-refractivity contribution is -0.166. The van der Waals surface area contributed by atoms with Crippen molar-refractivity contribution in [1.82, 2.24) is 4.90 Å². The maximum atomic E-state index is 12.0. The van der Waals surface area contributed by atoms with E-state index in [2.05, 4.69) is 20.8 Å². The lowest BCUT2D eigenvalue weighted by Gasteiger charge is -2.38. The minimum absolute atomic E-state index is 0.123. The number of hydrogen-bond acceptors (Lipinski definition) is 2. The van der Waals surface area contributed by atoms with Gasteiger partial charge in [-0.25, -0.2) is 0 Å². The molecule has 1 aliphatic heterocycles. The molecule has 3 heteroatoms. The summed E-state index contributed by atoms with van der Waals surface area (Å²) in [5.74, 6) is 0.123. The number of rotatable bonds is 2. The van der Waals surface area contributed by atoms with Gasteiger partial charge in [-0.3, -0.25) is 4.79 Å².